The average Bonchev–Trinajstić information content (AvgIpc) is 2.84. The number of anilines is 1. The topological polar surface area (TPSA) is 32.5 Å². The van der Waals surface area contributed by atoms with Crippen molar-refractivity contribution in [1.82, 2.24) is 9.88 Å². The highest BCUT2D eigenvalue weighted by Crippen LogP contribution is 2.22. The van der Waals surface area contributed by atoms with Gasteiger partial charge in [-0.2, -0.15) is 4.98 Å². The largest absolute Gasteiger partial charge is 0.423 e. The minimum Gasteiger partial charge on any atom is -0.423 e. The van der Waals surface area contributed by atoms with Crippen LogP contribution in [-0.4, -0.2) is 42.6 Å². The van der Waals surface area contributed by atoms with Crippen molar-refractivity contribution < 1.29 is 4.42 Å². The SMILES string of the molecule is C=CCN1CCN(c2nc3ccccc3o2)CC1. The lowest BCUT2D eigenvalue weighted by Crippen LogP contribution is -2.46. The molecular weight excluding hydrogens is 226 g/mol. The van der Waals surface area contributed by atoms with Crippen molar-refractivity contribution in [3.63, 3.8) is 0 Å². The Bertz CT molecular complexity index is 508. The van der Waals surface area contributed by atoms with E-state index in [0.29, 0.717) is 0 Å². The standard InChI is InChI=1S/C14H17N3O/c1-2-7-16-8-10-17(11-9-16)14-15-12-5-3-4-6-13(12)18-14/h2-6H,1,7-11H2. The highest BCUT2D eigenvalue weighted by molar-refractivity contribution is 5.74. The second kappa shape index (κ2) is 4.82. The molecule has 0 spiro atoms. The number of fused-ring (bicyclic) bond motifs is 1. The Morgan fingerprint density at radius 3 is 2.72 bits per heavy atom. The number of nitrogens with zero attached hydrogens (tertiary/aromatic N) is 3. The fourth-order valence-corrected chi connectivity index (χ4v) is 2.30. The van der Waals surface area contributed by atoms with Gasteiger partial charge in [-0.25, -0.2) is 0 Å². The summed E-state index contributed by atoms with van der Waals surface area (Å²) < 4.78 is 5.78. The van der Waals surface area contributed by atoms with Gasteiger partial charge in [-0.05, 0) is 12.1 Å². The Balaban J connectivity index is 1.74. The summed E-state index contributed by atoms with van der Waals surface area (Å²) >= 11 is 0. The van der Waals surface area contributed by atoms with Gasteiger partial charge < -0.3 is 9.32 Å². The zero-order valence-corrected chi connectivity index (χ0v) is 10.4. The van der Waals surface area contributed by atoms with E-state index in [-0.39, 0.29) is 0 Å². The molecule has 4 heteroatoms. The molecule has 0 saturated carbocycles. The van der Waals surface area contributed by atoms with Gasteiger partial charge in [0.1, 0.15) is 5.52 Å². The number of para-hydroxylation sites is 2. The van der Waals surface area contributed by atoms with Crippen LogP contribution < -0.4 is 4.90 Å². The van der Waals surface area contributed by atoms with Gasteiger partial charge in [-0.3, -0.25) is 4.90 Å². The maximum absolute atomic E-state index is 5.78. The predicted octanol–water partition coefficient (Wildman–Crippen LogP) is 2.14. The van der Waals surface area contributed by atoms with Gasteiger partial charge in [0, 0.05) is 32.7 Å². The number of rotatable bonds is 3. The summed E-state index contributed by atoms with van der Waals surface area (Å²) in [6, 6.07) is 8.64. The summed E-state index contributed by atoms with van der Waals surface area (Å²) in [5.41, 5.74) is 1.79. The number of hydrogen-bond acceptors (Lipinski definition) is 4. The van der Waals surface area contributed by atoms with E-state index in [1.165, 1.54) is 0 Å². The molecule has 0 unspecified atom stereocenters. The third-order valence-electron chi connectivity index (χ3n) is 3.31. The molecule has 94 valence electrons. The van der Waals surface area contributed by atoms with Crippen LogP contribution in [0.4, 0.5) is 6.01 Å². The highest BCUT2D eigenvalue weighted by Gasteiger charge is 2.19. The van der Waals surface area contributed by atoms with Crippen LogP contribution in [0.1, 0.15) is 0 Å². The van der Waals surface area contributed by atoms with E-state index in [9.17, 15) is 0 Å². The maximum Gasteiger partial charge on any atom is 0.298 e. The number of benzene rings is 1. The first-order chi connectivity index (χ1) is 8.86. The van der Waals surface area contributed by atoms with Gasteiger partial charge in [0.25, 0.3) is 6.01 Å². The Morgan fingerprint density at radius 1 is 1.22 bits per heavy atom. The molecule has 0 amide bonds. The molecule has 0 aliphatic carbocycles. The first-order valence-corrected chi connectivity index (χ1v) is 6.30. The molecule has 1 saturated heterocycles. The van der Waals surface area contributed by atoms with Crippen LogP contribution in [-0.2, 0) is 0 Å². The smallest absolute Gasteiger partial charge is 0.298 e. The van der Waals surface area contributed by atoms with E-state index in [0.717, 1.165) is 49.8 Å². The summed E-state index contributed by atoms with van der Waals surface area (Å²) in [6.07, 6.45) is 1.95. The summed E-state index contributed by atoms with van der Waals surface area (Å²) in [7, 11) is 0. The van der Waals surface area contributed by atoms with E-state index in [1.807, 2.05) is 30.3 Å². The number of aromatic nitrogens is 1. The lowest BCUT2D eigenvalue weighted by Gasteiger charge is -2.32. The van der Waals surface area contributed by atoms with Crippen LogP contribution in [0.2, 0.25) is 0 Å². The molecule has 0 N–H and O–H groups in total. The molecule has 18 heavy (non-hydrogen) atoms. The molecule has 1 fully saturated rings. The van der Waals surface area contributed by atoms with Crippen LogP contribution >= 0.6 is 0 Å². The first kappa shape index (κ1) is 11.3. The molecule has 1 aliphatic heterocycles. The van der Waals surface area contributed by atoms with Crippen LogP contribution in [0.15, 0.2) is 41.3 Å². The minimum atomic E-state index is 0.745. The quantitative estimate of drug-likeness (QED) is 0.773. The Hall–Kier alpha value is -1.81. The van der Waals surface area contributed by atoms with Crippen molar-refractivity contribution in [3.8, 4) is 0 Å². The van der Waals surface area contributed by atoms with Crippen LogP contribution in [0, 0.1) is 0 Å². The summed E-state index contributed by atoms with van der Waals surface area (Å²) in [6.45, 7) is 8.72. The van der Waals surface area contributed by atoms with Crippen molar-refractivity contribution in [2.24, 2.45) is 0 Å². The molecule has 1 aromatic carbocycles. The van der Waals surface area contributed by atoms with Gasteiger partial charge in [0.15, 0.2) is 5.58 Å². The van der Waals surface area contributed by atoms with Crippen molar-refractivity contribution in [2.45, 2.75) is 0 Å². The Labute approximate surface area is 107 Å². The van der Waals surface area contributed by atoms with Gasteiger partial charge in [0.05, 0.1) is 0 Å². The molecule has 4 nitrogen and oxygen atoms in total. The Kier molecular flexibility index (Phi) is 3.02. The first-order valence-electron chi connectivity index (χ1n) is 6.30. The predicted molar refractivity (Wildman–Crippen MR) is 72.9 cm³/mol. The third kappa shape index (κ3) is 2.11. The molecule has 2 heterocycles. The number of hydrogen-bond donors (Lipinski definition) is 0. The minimum absolute atomic E-state index is 0.745. The van der Waals surface area contributed by atoms with Gasteiger partial charge >= 0.3 is 0 Å². The molecule has 1 aliphatic rings. The van der Waals surface area contributed by atoms with E-state index in [4.69, 9.17) is 4.42 Å². The van der Waals surface area contributed by atoms with Crippen molar-refractivity contribution in [1.29, 1.82) is 0 Å². The van der Waals surface area contributed by atoms with Crippen LogP contribution in [0.25, 0.3) is 11.1 Å². The molecule has 2 aromatic rings. The maximum atomic E-state index is 5.78. The van der Waals surface area contributed by atoms with Crippen molar-refractivity contribution in [2.75, 3.05) is 37.6 Å². The lowest BCUT2D eigenvalue weighted by atomic mass is 10.3. The van der Waals surface area contributed by atoms with Crippen molar-refractivity contribution >= 4 is 17.1 Å². The zero-order chi connectivity index (χ0) is 12.4. The second-order valence-electron chi connectivity index (χ2n) is 4.54. The van der Waals surface area contributed by atoms with Gasteiger partial charge in [-0.15, -0.1) is 6.58 Å². The number of oxazole rings is 1. The molecule has 0 radical (unpaired) electrons. The van der Waals surface area contributed by atoms with Gasteiger partial charge in [-0.1, -0.05) is 18.2 Å². The van der Waals surface area contributed by atoms with Crippen LogP contribution in [0.3, 0.4) is 0 Å². The molecule has 0 atom stereocenters. The molecule has 3 rings (SSSR count). The lowest BCUT2D eigenvalue weighted by molar-refractivity contribution is 0.278. The third-order valence-corrected chi connectivity index (χ3v) is 3.31. The number of piperazine rings is 1. The van der Waals surface area contributed by atoms with E-state index < -0.39 is 0 Å². The summed E-state index contributed by atoms with van der Waals surface area (Å²) in [5.74, 6) is 0. The van der Waals surface area contributed by atoms with Gasteiger partial charge in [0.2, 0.25) is 0 Å². The van der Waals surface area contributed by atoms with E-state index >= 15 is 0 Å². The van der Waals surface area contributed by atoms with E-state index in [1.54, 1.807) is 0 Å². The van der Waals surface area contributed by atoms with Crippen LogP contribution in [0.5, 0.6) is 0 Å². The molecule has 1 aromatic heterocycles. The van der Waals surface area contributed by atoms with E-state index in [2.05, 4.69) is 21.4 Å². The molecule has 0 bridgehead atoms. The fourth-order valence-electron chi connectivity index (χ4n) is 2.30. The normalized spacial score (nSPS) is 17.2. The monoisotopic (exact) mass is 243 g/mol. The Morgan fingerprint density at radius 2 is 2.00 bits per heavy atom. The van der Waals surface area contributed by atoms with Crippen molar-refractivity contribution in [3.05, 3.63) is 36.9 Å². The highest BCUT2D eigenvalue weighted by atomic mass is 16.4. The second-order valence-corrected chi connectivity index (χ2v) is 4.54. The fraction of sp³-hybridized carbons (Fsp3) is 0.357. The molecular formula is C14H17N3O. The summed E-state index contributed by atoms with van der Waals surface area (Å²) in [5, 5.41) is 0. The summed E-state index contributed by atoms with van der Waals surface area (Å²) in [4.78, 5) is 9.12. The zero-order valence-electron chi connectivity index (χ0n) is 10.4. The average molecular weight is 243 g/mol.